The molecule has 0 unspecified atom stereocenters. The standard InChI is InChI=1S/C15H15N3O2/c1-10-4-3-5-13(12(10)8-16)17-9-11-6-7-14(18-11)15(19)20-2/h3-7,17-18H,9H2,1-2H3. The zero-order valence-electron chi connectivity index (χ0n) is 11.4. The predicted octanol–water partition coefficient (Wildman–Crippen LogP) is 2.59. The summed E-state index contributed by atoms with van der Waals surface area (Å²) in [6.07, 6.45) is 0. The second-order valence-electron chi connectivity index (χ2n) is 4.35. The number of aromatic amines is 1. The van der Waals surface area contributed by atoms with Crippen LogP contribution in [0, 0.1) is 18.3 Å². The van der Waals surface area contributed by atoms with Crippen LogP contribution in [0.4, 0.5) is 5.69 Å². The van der Waals surface area contributed by atoms with Crippen molar-refractivity contribution >= 4 is 11.7 Å². The third-order valence-corrected chi connectivity index (χ3v) is 3.01. The largest absolute Gasteiger partial charge is 0.464 e. The molecule has 0 amide bonds. The Kier molecular flexibility index (Phi) is 4.06. The number of H-pyrrole nitrogens is 1. The van der Waals surface area contributed by atoms with Crippen molar-refractivity contribution in [1.29, 1.82) is 5.26 Å². The fraction of sp³-hybridized carbons (Fsp3) is 0.200. The average Bonchev–Trinajstić information content (AvgIpc) is 2.93. The lowest BCUT2D eigenvalue weighted by molar-refractivity contribution is 0.0594. The molecule has 0 bridgehead atoms. The Bertz CT molecular complexity index is 668. The molecule has 102 valence electrons. The normalized spacial score (nSPS) is 9.85. The number of hydrogen-bond acceptors (Lipinski definition) is 4. The number of aromatic nitrogens is 1. The van der Waals surface area contributed by atoms with Crippen molar-refractivity contribution in [3.63, 3.8) is 0 Å². The molecule has 5 nitrogen and oxygen atoms in total. The van der Waals surface area contributed by atoms with E-state index in [2.05, 4.69) is 21.1 Å². The van der Waals surface area contributed by atoms with Gasteiger partial charge in [0.1, 0.15) is 11.8 Å². The summed E-state index contributed by atoms with van der Waals surface area (Å²) in [4.78, 5) is 14.3. The lowest BCUT2D eigenvalue weighted by Gasteiger charge is -2.08. The van der Waals surface area contributed by atoms with Crippen molar-refractivity contribution in [2.45, 2.75) is 13.5 Å². The topological polar surface area (TPSA) is 77.9 Å². The molecule has 1 heterocycles. The van der Waals surface area contributed by atoms with Gasteiger partial charge in [-0.2, -0.15) is 5.26 Å². The predicted molar refractivity (Wildman–Crippen MR) is 75.4 cm³/mol. The third-order valence-electron chi connectivity index (χ3n) is 3.01. The number of esters is 1. The van der Waals surface area contributed by atoms with E-state index in [1.807, 2.05) is 25.1 Å². The summed E-state index contributed by atoms with van der Waals surface area (Å²) in [5.74, 6) is -0.399. The summed E-state index contributed by atoms with van der Waals surface area (Å²) in [5, 5.41) is 12.3. The number of rotatable bonds is 4. The van der Waals surface area contributed by atoms with Crippen LogP contribution in [0.5, 0.6) is 0 Å². The van der Waals surface area contributed by atoms with Crippen LogP contribution < -0.4 is 5.32 Å². The molecule has 0 aliphatic heterocycles. The summed E-state index contributed by atoms with van der Waals surface area (Å²) in [6, 6.07) is 11.3. The molecule has 0 fully saturated rings. The van der Waals surface area contributed by atoms with Gasteiger partial charge in [-0.25, -0.2) is 4.79 Å². The van der Waals surface area contributed by atoms with Gasteiger partial charge in [0.15, 0.2) is 0 Å². The lowest BCUT2D eigenvalue weighted by Crippen LogP contribution is -2.05. The Balaban J connectivity index is 2.10. The van der Waals surface area contributed by atoms with Crippen LogP contribution in [0.1, 0.15) is 27.3 Å². The molecule has 0 aliphatic carbocycles. The zero-order chi connectivity index (χ0) is 14.5. The Morgan fingerprint density at radius 1 is 1.40 bits per heavy atom. The number of aryl methyl sites for hydroxylation is 1. The number of benzene rings is 1. The Morgan fingerprint density at radius 3 is 2.90 bits per heavy atom. The SMILES string of the molecule is COC(=O)c1ccc(CNc2cccc(C)c2C#N)[nH]1. The Morgan fingerprint density at radius 2 is 2.20 bits per heavy atom. The van der Waals surface area contributed by atoms with Crippen LogP contribution in [-0.2, 0) is 11.3 Å². The van der Waals surface area contributed by atoms with E-state index >= 15 is 0 Å². The maximum atomic E-state index is 11.3. The average molecular weight is 269 g/mol. The highest BCUT2D eigenvalue weighted by Gasteiger charge is 2.09. The molecule has 20 heavy (non-hydrogen) atoms. The van der Waals surface area contributed by atoms with Gasteiger partial charge in [0.2, 0.25) is 0 Å². The number of carbonyl (C=O) groups excluding carboxylic acids is 1. The quantitative estimate of drug-likeness (QED) is 0.836. The molecule has 2 aromatic rings. The van der Waals surface area contributed by atoms with Crippen molar-refractivity contribution in [3.05, 3.63) is 52.8 Å². The number of nitriles is 1. The van der Waals surface area contributed by atoms with Crippen molar-refractivity contribution in [2.75, 3.05) is 12.4 Å². The molecule has 0 atom stereocenters. The second-order valence-corrected chi connectivity index (χ2v) is 4.35. The molecule has 5 heteroatoms. The third kappa shape index (κ3) is 2.81. The summed E-state index contributed by atoms with van der Waals surface area (Å²) in [6.45, 7) is 2.39. The van der Waals surface area contributed by atoms with E-state index < -0.39 is 5.97 Å². The van der Waals surface area contributed by atoms with Gasteiger partial charge in [0.25, 0.3) is 0 Å². The maximum absolute atomic E-state index is 11.3. The Labute approximate surface area is 117 Å². The smallest absolute Gasteiger partial charge is 0.354 e. The molecular weight excluding hydrogens is 254 g/mol. The highest BCUT2D eigenvalue weighted by molar-refractivity contribution is 5.87. The van der Waals surface area contributed by atoms with Gasteiger partial charge >= 0.3 is 5.97 Å². The minimum absolute atomic E-state index is 0.399. The van der Waals surface area contributed by atoms with E-state index in [-0.39, 0.29) is 0 Å². The van der Waals surface area contributed by atoms with E-state index in [1.54, 1.807) is 12.1 Å². The van der Waals surface area contributed by atoms with Gasteiger partial charge in [-0.05, 0) is 30.7 Å². The van der Waals surface area contributed by atoms with Crippen molar-refractivity contribution in [1.82, 2.24) is 4.98 Å². The van der Waals surface area contributed by atoms with Gasteiger partial charge in [0.05, 0.1) is 24.9 Å². The van der Waals surface area contributed by atoms with Gasteiger partial charge in [-0.3, -0.25) is 0 Å². The molecular formula is C15H15N3O2. The van der Waals surface area contributed by atoms with E-state index in [9.17, 15) is 4.79 Å². The number of nitrogens with zero attached hydrogens (tertiary/aromatic N) is 1. The highest BCUT2D eigenvalue weighted by Crippen LogP contribution is 2.19. The van der Waals surface area contributed by atoms with Gasteiger partial charge in [-0.1, -0.05) is 12.1 Å². The number of methoxy groups -OCH3 is 1. The fourth-order valence-electron chi connectivity index (χ4n) is 1.93. The molecule has 1 aromatic heterocycles. The molecule has 1 aromatic carbocycles. The first-order chi connectivity index (χ1) is 9.65. The maximum Gasteiger partial charge on any atom is 0.354 e. The van der Waals surface area contributed by atoms with Crippen LogP contribution in [0.2, 0.25) is 0 Å². The summed E-state index contributed by atoms with van der Waals surface area (Å²) < 4.78 is 4.63. The summed E-state index contributed by atoms with van der Waals surface area (Å²) in [7, 11) is 1.34. The van der Waals surface area contributed by atoms with Gasteiger partial charge in [0, 0.05) is 5.69 Å². The van der Waals surface area contributed by atoms with Gasteiger partial charge < -0.3 is 15.0 Å². The van der Waals surface area contributed by atoms with Crippen LogP contribution >= 0.6 is 0 Å². The first kappa shape index (κ1) is 13.7. The van der Waals surface area contributed by atoms with E-state index in [1.165, 1.54) is 7.11 Å². The minimum Gasteiger partial charge on any atom is -0.464 e. The molecule has 0 radical (unpaired) electrons. The number of ether oxygens (including phenoxy) is 1. The summed E-state index contributed by atoms with van der Waals surface area (Å²) >= 11 is 0. The van der Waals surface area contributed by atoms with E-state index in [0.717, 1.165) is 16.9 Å². The van der Waals surface area contributed by atoms with E-state index in [4.69, 9.17) is 5.26 Å². The molecule has 0 spiro atoms. The molecule has 2 rings (SSSR count). The first-order valence-electron chi connectivity index (χ1n) is 6.15. The van der Waals surface area contributed by atoms with Crippen molar-refractivity contribution in [2.24, 2.45) is 0 Å². The zero-order valence-corrected chi connectivity index (χ0v) is 11.4. The highest BCUT2D eigenvalue weighted by atomic mass is 16.5. The lowest BCUT2D eigenvalue weighted by atomic mass is 10.1. The number of anilines is 1. The number of hydrogen-bond donors (Lipinski definition) is 2. The fourth-order valence-corrected chi connectivity index (χ4v) is 1.93. The molecule has 0 aliphatic rings. The molecule has 2 N–H and O–H groups in total. The summed E-state index contributed by atoms with van der Waals surface area (Å²) in [5.41, 5.74) is 3.60. The van der Waals surface area contributed by atoms with Gasteiger partial charge in [-0.15, -0.1) is 0 Å². The van der Waals surface area contributed by atoms with Crippen LogP contribution in [0.25, 0.3) is 0 Å². The van der Waals surface area contributed by atoms with Crippen LogP contribution in [-0.4, -0.2) is 18.1 Å². The van der Waals surface area contributed by atoms with Crippen LogP contribution in [0.15, 0.2) is 30.3 Å². The number of nitrogens with one attached hydrogen (secondary N) is 2. The Hall–Kier alpha value is -2.74. The van der Waals surface area contributed by atoms with Crippen molar-refractivity contribution in [3.8, 4) is 6.07 Å². The first-order valence-corrected chi connectivity index (χ1v) is 6.15. The second kappa shape index (κ2) is 5.93. The molecule has 0 saturated carbocycles. The van der Waals surface area contributed by atoms with Crippen LogP contribution in [0.3, 0.4) is 0 Å². The minimum atomic E-state index is -0.399. The van der Waals surface area contributed by atoms with Crippen molar-refractivity contribution < 1.29 is 9.53 Å². The number of carbonyl (C=O) groups is 1. The van der Waals surface area contributed by atoms with E-state index in [0.29, 0.717) is 17.8 Å². The molecule has 0 saturated heterocycles. The monoisotopic (exact) mass is 269 g/mol.